The van der Waals surface area contributed by atoms with Crippen molar-refractivity contribution >= 4 is 32.4 Å². The highest BCUT2D eigenvalue weighted by molar-refractivity contribution is 7.85. The Kier molecular flexibility index (Phi) is 6.07. The summed E-state index contributed by atoms with van der Waals surface area (Å²) in [5.74, 6) is 2.25. The highest BCUT2D eigenvalue weighted by Crippen LogP contribution is 2.45. The van der Waals surface area contributed by atoms with Crippen LogP contribution >= 0.6 is 11.3 Å². The van der Waals surface area contributed by atoms with Crippen LogP contribution in [0.15, 0.2) is 59.6 Å². The summed E-state index contributed by atoms with van der Waals surface area (Å²) in [6.07, 6.45) is 4.95. The average molecular weight is 525 g/mol. The van der Waals surface area contributed by atoms with Crippen LogP contribution in [-0.4, -0.2) is 58.8 Å². The number of aromatic nitrogens is 3. The summed E-state index contributed by atoms with van der Waals surface area (Å²) >= 11 is 1.57. The molecule has 36 heavy (non-hydrogen) atoms. The van der Waals surface area contributed by atoms with Crippen molar-refractivity contribution in [3.05, 3.63) is 60.3 Å². The van der Waals surface area contributed by atoms with Crippen LogP contribution in [0.25, 0.3) is 21.5 Å². The maximum Gasteiger partial charge on any atom is 0.294 e. The standard InChI is InChI=1S/C19H20N4OS.C7H8O3S/c1-2-16-12(3-4-20-16)7-13(1)18-21-22-19(25-18)24-17-14-5-11-6-15(17)10-23(8-11)9-14;1-6-2-4-7(5-3-6)11(8,9)10/h1-4,7,11,14-15,17,20H,5-6,8-10H2;2-5H,1H3,(H,8,9,10). The molecule has 0 spiro atoms. The quantitative estimate of drug-likeness (QED) is 0.374. The first kappa shape index (κ1) is 23.6. The van der Waals surface area contributed by atoms with E-state index in [2.05, 4.69) is 44.3 Å². The Labute approximate surface area is 214 Å². The van der Waals surface area contributed by atoms with Gasteiger partial charge in [-0.05, 0) is 62.1 Å². The molecule has 0 amide bonds. The number of hydrogen-bond donors (Lipinski definition) is 2. The van der Waals surface area contributed by atoms with E-state index in [1.807, 2.05) is 13.1 Å². The van der Waals surface area contributed by atoms with Crippen LogP contribution in [0.3, 0.4) is 0 Å². The van der Waals surface area contributed by atoms with Crippen LogP contribution in [0, 0.1) is 24.7 Å². The number of benzene rings is 2. The Morgan fingerprint density at radius 2 is 1.78 bits per heavy atom. The summed E-state index contributed by atoms with van der Waals surface area (Å²) in [7, 11) is -4.02. The number of H-pyrrole nitrogens is 1. The molecule has 4 bridgehead atoms. The Morgan fingerprint density at radius 3 is 2.47 bits per heavy atom. The van der Waals surface area contributed by atoms with Crippen LogP contribution in [0.5, 0.6) is 5.19 Å². The normalized spacial score (nSPS) is 26.6. The maximum atomic E-state index is 10.5. The van der Waals surface area contributed by atoms with E-state index in [1.165, 1.54) is 50.0 Å². The van der Waals surface area contributed by atoms with E-state index in [-0.39, 0.29) is 4.90 Å². The van der Waals surface area contributed by atoms with Crippen molar-refractivity contribution in [2.45, 2.75) is 30.8 Å². The van der Waals surface area contributed by atoms with Gasteiger partial charge in [0.15, 0.2) is 5.01 Å². The highest BCUT2D eigenvalue weighted by atomic mass is 32.2. The fraction of sp³-hybridized carbons (Fsp3) is 0.385. The fourth-order valence-electron chi connectivity index (χ4n) is 5.94. The molecule has 2 unspecified atom stereocenters. The molecule has 4 fully saturated rings. The van der Waals surface area contributed by atoms with E-state index in [1.54, 1.807) is 23.5 Å². The second kappa shape index (κ2) is 9.26. The summed E-state index contributed by atoms with van der Waals surface area (Å²) in [4.78, 5) is 5.79. The molecular weight excluding hydrogens is 496 g/mol. The second-order valence-electron chi connectivity index (χ2n) is 10.1. The summed E-state index contributed by atoms with van der Waals surface area (Å²) < 4.78 is 35.9. The second-order valence-corrected chi connectivity index (χ2v) is 12.5. The SMILES string of the molecule is Cc1ccc(S(=O)(=O)O)cc1.c1cc2cc(-c3nnc(OC4C5CC6CC4CN(C6)C5)s3)ccc2[nH]1. The summed E-state index contributed by atoms with van der Waals surface area (Å²) in [6.45, 7) is 5.55. The number of aryl methyl sites for hydroxylation is 1. The topological polar surface area (TPSA) is 108 Å². The summed E-state index contributed by atoms with van der Waals surface area (Å²) in [5.41, 5.74) is 3.21. The predicted octanol–water partition coefficient (Wildman–Crippen LogP) is 4.65. The minimum absolute atomic E-state index is 0.0666. The molecule has 10 heteroatoms. The Balaban J connectivity index is 0.000000186. The number of nitrogens with one attached hydrogen (secondary N) is 1. The van der Waals surface area contributed by atoms with Crippen LogP contribution < -0.4 is 4.74 Å². The third-order valence-corrected chi connectivity index (χ3v) is 9.20. The van der Waals surface area contributed by atoms with Gasteiger partial charge in [-0.25, -0.2) is 0 Å². The maximum absolute atomic E-state index is 10.5. The van der Waals surface area contributed by atoms with Gasteiger partial charge >= 0.3 is 0 Å². The number of hydrogen-bond acceptors (Lipinski definition) is 7. The molecule has 2 aromatic carbocycles. The zero-order valence-electron chi connectivity index (χ0n) is 19.9. The minimum Gasteiger partial charge on any atom is -0.465 e. The van der Waals surface area contributed by atoms with Gasteiger partial charge in [0.2, 0.25) is 0 Å². The van der Waals surface area contributed by atoms with E-state index in [9.17, 15) is 8.42 Å². The average Bonchev–Trinajstić information content (AvgIpc) is 3.50. The first-order chi connectivity index (χ1) is 17.3. The molecule has 1 aliphatic carbocycles. The molecule has 3 saturated heterocycles. The molecule has 4 aromatic rings. The van der Waals surface area contributed by atoms with Crippen molar-refractivity contribution < 1.29 is 17.7 Å². The molecule has 188 valence electrons. The van der Waals surface area contributed by atoms with Crippen LogP contribution in [-0.2, 0) is 10.1 Å². The minimum atomic E-state index is -4.02. The molecule has 4 aliphatic rings. The van der Waals surface area contributed by atoms with Gasteiger partial charge in [-0.1, -0.05) is 34.1 Å². The lowest BCUT2D eigenvalue weighted by Crippen LogP contribution is -2.61. The van der Waals surface area contributed by atoms with E-state index < -0.39 is 10.1 Å². The summed E-state index contributed by atoms with van der Waals surface area (Å²) in [5, 5.41) is 11.6. The van der Waals surface area contributed by atoms with Gasteiger partial charge < -0.3 is 14.6 Å². The monoisotopic (exact) mass is 524 g/mol. The van der Waals surface area contributed by atoms with Crippen molar-refractivity contribution in [2.24, 2.45) is 17.8 Å². The largest absolute Gasteiger partial charge is 0.465 e. The number of piperidine rings is 3. The number of nitrogens with zero attached hydrogens (tertiary/aromatic N) is 3. The van der Waals surface area contributed by atoms with E-state index in [0.29, 0.717) is 17.9 Å². The van der Waals surface area contributed by atoms with Gasteiger partial charge in [-0.15, -0.1) is 5.10 Å². The van der Waals surface area contributed by atoms with Crippen molar-refractivity contribution in [1.29, 1.82) is 0 Å². The van der Waals surface area contributed by atoms with Crippen molar-refractivity contribution in [3.63, 3.8) is 0 Å². The molecule has 8 nitrogen and oxygen atoms in total. The molecular formula is C26H28N4O4S2. The molecule has 2 atom stereocenters. The third kappa shape index (κ3) is 4.78. The van der Waals surface area contributed by atoms with E-state index >= 15 is 0 Å². The molecule has 8 rings (SSSR count). The first-order valence-corrected chi connectivity index (χ1v) is 14.4. The number of fused-ring (bicyclic) bond motifs is 1. The predicted molar refractivity (Wildman–Crippen MR) is 139 cm³/mol. The molecule has 0 radical (unpaired) electrons. The molecule has 3 aliphatic heterocycles. The van der Waals surface area contributed by atoms with Crippen LogP contribution in [0.4, 0.5) is 0 Å². The van der Waals surface area contributed by atoms with Gasteiger partial charge in [0.05, 0.1) is 4.90 Å². The van der Waals surface area contributed by atoms with Crippen LogP contribution in [0.1, 0.15) is 18.4 Å². The Morgan fingerprint density at radius 1 is 1.03 bits per heavy atom. The number of rotatable bonds is 4. The van der Waals surface area contributed by atoms with E-state index in [0.717, 1.165) is 32.8 Å². The third-order valence-electron chi connectivity index (χ3n) is 7.47. The molecule has 1 saturated carbocycles. The molecule has 2 aromatic heterocycles. The van der Waals surface area contributed by atoms with Gasteiger partial charge in [0, 0.05) is 54.1 Å². The van der Waals surface area contributed by atoms with Gasteiger partial charge in [0.25, 0.3) is 15.3 Å². The summed E-state index contributed by atoms with van der Waals surface area (Å²) in [6, 6.07) is 14.4. The fourth-order valence-corrected chi connectivity index (χ4v) is 7.16. The Bertz CT molecular complexity index is 1450. The lowest BCUT2D eigenvalue weighted by Gasteiger charge is -2.54. The molecule has 2 N–H and O–H groups in total. The van der Waals surface area contributed by atoms with Gasteiger partial charge in [0.1, 0.15) is 6.10 Å². The number of aromatic amines is 1. The zero-order chi connectivity index (χ0) is 24.9. The van der Waals surface area contributed by atoms with Crippen molar-refractivity contribution in [2.75, 3.05) is 19.6 Å². The molecule has 5 heterocycles. The van der Waals surface area contributed by atoms with Crippen molar-refractivity contribution in [3.8, 4) is 15.8 Å². The smallest absolute Gasteiger partial charge is 0.294 e. The first-order valence-electron chi connectivity index (χ1n) is 12.2. The highest BCUT2D eigenvalue weighted by Gasteiger charge is 2.49. The Hall–Kier alpha value is -2.79. The van der Waals surface area contributed by atoms with Crippen molar-refractivity contribution in [1.82, 2.24) is 20.1 Å². The van der Waals surface area contributed by atoms with E-state index in [4.69, 9.17) is 9.29 Å². The van der Waals surface area contributed by atoms with Crippen LogP contribution in [0.2, 0.25) is 0 Å². The lowest BCUT2D eigenvalue weighted by atomic mass is 9.66. The number of ether oxygens (including phenoxy) is 1. The zero-order valence-corrected chi connectivity index (χ0v) is 21.5. The lowest BCUT2D eigenvalue weighted by molar-refractivity contribution is -0.0986. The van der Waals surface area contributed by atoms with Gasteiger partial charge in [-0.3, -0.25) is 4.55 Å². The van der Waals surface area contributed by atoms with Gasteiger partial charge in [-0.2, -0.15) is 8.42 Å².